The summed E-state index contributed by atoms with van der Waals surface area (Å²) >= 11 is 0. The van der Waals surface area contributed by atoms with Crippen molar-refractivity contribution in [2.24, 2.45) is 11.3 Å². The Balaban J connectivity index is 5.01. The van der Waals surface area contributed by atoms with Gasteiger partial charge in [-0.25, -0.2) is 10.3 Å². The van der Waals surface area contributed by atoms with E-state index in [9.17, 15) is 14.4 Å². The highest BCUT2D eigenvalue weighted by atomic mass is 16.5. The van der Waals surface area contributed by atoms with Crippen molar-refractivity contribution in [1.29, 1.82) is 0 Å². The molecule has 0 aromatic carbocycles. The van der Waals surface area contributed by atoms with Crippen molar-refractivity contribution < 1.29 is 24.3 Å². The normalized spacial score (nSPS) is 13.8. The van der Waals surface area contributed by atoms with Gasteiger partial charge in [0.05, 0.1) is 7.11 Å². The zero-order chi connectivity index (χ0) is 18.0. The van der Waals surface area contributed by atoms with Gasteiger partial charge in [0.2, 0.25) is 11.8 Å². The van der Waals surface area contributed by atoms with E-state index in [2.05, 4.69) is 5.32 Å². The van der Waals surface area contributed by atoms with E-state index in [0.29, 0.717) is 6.42 Å². The lowest BCUT2D eigenvalue weighted by Crippen LogP contribution is -2.51. The lowest BCUT2D eigenvalue weighted by molar-refractivity contribution is -0.149. The van der Waals surface area contributed by atoms with Gasteiger partial charge in [0.15, 0.2) is 0 Å². The van der Waals surface area contributed by atoms with Crippen LogP contribution in [0.25, 0.3) is 0 Å². The molecule has 7 heteroatoms. The third kappa shape index (κ3) is 7.97. The van der Waals surface area contributed by atoms with Crippen molar-refractivity contribution in [3.05, 3.63) is 0 Å². The molecule has 0 aromatic heterocycles. The summed E-state index contributed by atoms with van der Waals surface area (Å²) in [6.07, 6.45) is 3.14. The van der Waals surface area contributed by atoms with E-state index >= 15 is 0 Å². The first-order valence-electron chi connectivity index (χ1n) is 7.98. The van der Waals surface area contributed by atoms with Gasteiger partial charge in [0.1, 0.15) is 6.04 Å². The van der Waals surface area contributed by atoms with Crippen LogP contribution in [-0.4, -0.2) is 36.1 Å². The first-order chi connectivity index (χ1) is 10.7. The fraction of sp³-hybridized carbons (Fsp3) is 0.812. The third-order valence-corrected chi connectivity index (χ3v) is 3.67. The van der Waals surface area contributed by atoms with Crippen LogP contribution in [0.3, 0.4) is 0 Å². The monoisotopic (exact) mass is 330 g/mol. The fourth-order valence-electron chi connectivity index (χ4n) is 2.24. The van der Waals surface area contributed by atoms with Crippen LogP contribution < -0.4 is 10.8 Å². The molecule has 0 bridgehead atoms. The first-order valence-corrected chi connectivity index (χ1v) is 7.98. The lowest BCUT2D eigenvalue weighted by atomic mass is 9.86. The number of esters is 1. The Bertz CT molecular complexity index is 404. The average Bonchev–Trinajstić information content (AvgIpc) is 2.49. The summed E-state index contributed by atoms with van der Waals surface area (Å²) < 4.78 is 4.75. The fourth-order valence-corrected chi connectivity index (χ4v) is 2.24. The highest BCUT2D eigenvalue weighted by Gasteiger charge is 2.35. The molecule has 2 amide bonds. The van der Waals surface area contributed by atoms with Crippen molar-refractivity contribution >= 4 is 17.8 Å². The standard InChI is InChI=1S/C16H30N2O5/c1-6-7-8-9-11(10-12(19)18-22)14(20)17-13(15(21)23-5)16(2,3)4/h11,13,22H,6-10H2,1-5H3,(H,17,20)(H,18,19)/t11-,13-/m1/s1. The maximum absolute atomic E-state index is 12.5. The van der Waals surface area contributed by atoms with Crippen LogP contribution in [-0.2, 0) is 19.1 Å². The van der Waals surface area contributed by atoms with Crippen LogP contribution in [0.4, 0.5) is 0 Å². The number of nitrogens with one attached hydrogen (secondary N) is 2. The quantitative estimate of drug-likeness (QED) is 0.259. The largest absolute Gasteiger partial charge is 0.467 e. The number of amides is 2. The Morgan fingerprint density at radius 3 is 2.22 bits per heavy atom. The second kappa shape index (κ2) is 10.2. The first kappa shape index (κ1) is 21.4. The number of rotatable bonds is 9. The lowest BCUT2D eigenvalue weighted by Gasteiger charge is -2.30. The predicted octanol–water partition coefficient (Wildman–Crippen LogP) is 1.78. The zero-order valence-electron chi connectivity index (χ0n) is 14.8. The number of methoxy groups -OCH3 is 1. The topological polar surface area (TPSA) is 105 Å². The molecule has 0 saturated heterocycles. The highest BCUT2D eigenvalue weighted by Crippen LogP contribution is 2.22. The van der Waals surface area contributed by atoms with Gasteiger partial charge in [0.25, 0.3) is 0 Å². The minimum atomic E-state index is -0.800. The molecule has 0 fully saturated rings. The Kier molecular flexibility index (Phi) is 9.48. The molecule has 134 valence electrons. The van der Waals surface area contributed by atoms with Gasteiger partial charge in [-0.05, 0) is 11.8 Å². The predicted molar refractivity (Wildman–Crippen MR) is 85.6 cm³/mol. The van der Waals surface area contributed by atoms with E-state index in [1.807, 2.05) is 27.7 Å². The summed E-state index contributed by atoms with van der Waals surface area (Å²) in [5.74, 6) is -2.12. The number of carbonyl (C=O) groups excluding carboxylic acids is 3. The molecular formula is C16H30N2O5. The molecule has 0 radical (unpaired) electrons. The maximum atomic E-state index is 12.5. The summed E-state index contributed by atoms with van der Waals surface area (Å²) in [5.41, 5.74) is 1.03. The molecule has 23 heavy (non-hydrogen) atoms. The van der Waals surface area contributed by atoms with Crippen LogP contribution in [0.2, 0.25) is 0 Å². The summed E-state index contributed by atoms with van der Waals surface area (Å²) in [7, 11) is 1.27. The van der Waals surface area contributed by atoms with E-state index in [0.717, 1.165) is 19.3 Å². The second-order valence-corrected chi connectivity index (χ2v) is 6.76. The molecule has 0 rings (SSSR count). The van der Waals surface area contributed by atoms with Crippen LogP contribution in [0.15, 0.2) is 0 Å². The molecular weight excluding hydrogens is 300 g/mol. The summed E-state index contributed by atoms with van der Waals surface area (Å²) in [6, 6.07) is -0.800. The number of carbonyl (C=O) groups is 3. The van der Waals surface area contributed by atoms with Gasteiger partial charge in [-0.3, -0.25) is 14.8 Å². The molecule has 0 saturated carbocycles. The van der Waals surface area contributed by atoms with E-state index in [1.54, 1.807) is 5.48 Å². The van der Waals surface area contributed by atoms with Crippen molar-refractivity contribution in [2.45, 2.75) is 65.8 Å². The van der Waals surface area contributed by atoms with Crippen molar-refractivity contribution in [1.82, 2.24) is 10.8 Å². The summed E-state index contributed by atoms with van der Waals surface area (Å²) in [4.78, 5) is 35.8. The molecule has 7 nitrogen and oxygen atoms in total. The summed E-state index contributed by atoms with van der Waals surface area (Å²) in [5, 5.41) is 11.4. The minimum absolute atomic E-state index is 0.121. The van der Waals surface area contributed by atoms with Gasteiger partial charge in [-0.1, -0.05) is 47.0 Å². The van der Waals surface area contributed by atoms with Crippen LogP contribution in [0, 0.1) is 11.3 Å². The van der Waals surface area contributed by atoms with Crippen LogP contribution in [0.1, 0.15) is 59.8 Å². The number of hydrogen-bond acceptors (Lipinski definition) is 5. The summed E-state index contributed by atoms with van der Waals surface area (Å²) in [6.45, 7) is 7.51. The van der Waals surface area contributed by atoms with E-state index in [1.165, 1.54) is 7.11 Å². The van der Waals surface area contributed by atoms with E-state index < -0.39 is 29.3 Å². The molecule has 0 aliphatic heterocycles. The molecule has 2 atom stereocenters. The van der Waals surface area contributed by atoms with Crippen LogP contribution in [0.5, 0.6) is 0 Å². The number of hydrogen-bond donors (Lipinski definition) is 3. The molecule has 3 N–H and O–H groups in total. The van der Waals surface area contributed by atoms with E-state index in [4.69, 9.17) is 9.94 Å². The van der Waals surface area contributed by atoms with Crippen molar-refractivity contribution in [3.8, 4) is 0 Å². The van der Waals surface area contributed by atoms with Crippen molar-refractivity contribution in [2.75, 3.05) is 7.11 Å². The SMILES string of the molecule is CCCCC[C@H](CC(=O)NO)C(=O)N[C@H](C(=O)OC)C(C)(C)C. The Morgan fingerprint density at radius 1 is 1.17 bits per heavy atom. The Morgan fingerprint density at radius 2 is 1.78 bits per heavy atom. The Labute approximate surface area is 138 Å². The smallest absolute Gasteiger partial charge is 0.328 e. The molecule has 0 aliphatic carbocycles. The highest BCUT2D eigenvalue weighted by molar-refractivity contribution is 5.89. The maximum Gasteiger partial charge on any atom is 0.328 e. The van der Waals surface area contributed by atoms with Crippen molar-refractivity contribution in [3.63, 3.8) is 0 Å². The number of unbranched alkanes of at least 4 members (excludes halogenated alkanes) is 2. The van der Waals surface area contributed by atoms with Gasteiger partial charge in [-0.2, -0.15) is 0 Å². The van der Waals surface area contributed by atoms with Gasteiger partial charge in [0, 0.05) is 12.3 Å². The van der Waals surface area contributed by atoms with Gasteiger partial charge >= 0.3 is 5.97 Å². The second-order valence-electron chi connectivity index (χ2n) is 6.76. The molecule has 0 aromatic rings. The van der Waals surface area contributed by atoms with E-state index in [-0.39, 0.29) is 12.3 Å². The average molecular weight is 330 g/mol. The minimum Gasteiger partial charge on any atom is -0.467 e. The molecule has 0 spiro atoms. The number of hydroxylamine groups is 1. The zero-order valence-corrected chi connectivity index (χ0v) is 14.8. The molecule has 0 heterocycles. The molecule has 0 unspecified atom stereocenters. The third-order valence-electron chi connectivity index (χ3n) is 3.67. The van der Waals surface area contributed by atoms with Gasteiger partial charge in [-0.15, -0.1) is 0 Å². The van der Waals surface area contributed by atoms with Crippen LogP contribution >= 0.6 is 0 Å². The Hall–Kier alpha value is -1.63. The number of ether oxygens (including phenoxy) is 1. The van der Waals surface area contributed by atoms with Gasteiger partial charge < -0.3 is 10.1 Å². The molecule has 0 aliphatic rings.